The number of likely N-dealkylation sites (N-methyl/N-ethyl adjacent to an activating group) is 1. The molecule has 1 aliphatic carbocycles. The van der Waals surface area contributed by atoms with Crippen molar-refractivity contribution in [1.29, 1.82) is 0 Å². The highest BCUT2D eigenvalue weighted by Gasteiger charge is 2.51. The molecule has 0 bridgehead atoms. The minimum Gasteiger partial charge on any atom is -0.315 e. The van der Waals surface area contributed by atoms with Gasteiger partial charge in [0.1, 0.15) is 6.04 Å². The standard InChI is InChI=1S/C13H14N4O3S/c1-17-11-4-3-7(21(2,19)20)5-9(11)8-6-10(8)12(13(17)18)15-16-14/h3-5,8,10,12H,6H2,1-2H3/t8-,10?,12-/m0/s1. The third kappa shape index (κ3) is 2.16. The van der Waals surface area contributed by atoms with Gasteiger partial charge in [0.2, 0.25) is 5.91 Å². The number of hydrogen-bond donors (Lipinski definition) is 0. The van der Waals surface area contributed by atoms with Crippen LogP contribution >= 0.6 is 0 Å². The molecule has 21 heavy (non-hydrogen) atoms. The minimum absolute atomic E-state index is 0.0353. The van der Waals surface area contributed by atoms with E-state index in [1.165, 1.54) is 11.0 Å². The number of anilines is 1. The maximum absolute atomic E-state index is 12.4. The quantitative estimate of drug-likeness (QED) is 0.473. The van der Waals surface area contributed by atoms with Crippen molar-refractivity contribution >= 4 is 21.4 Å². The Morgan fingerprint density at radius 1 is 1.43 bits per heavy atom. The fraction of sp³-hybridized carbons (Fsp3) is 0.462. The Kier molecular flexibility index (Phi) is 2.96. The molecule has 3 rings (SSSR count). The number of fused-ring (bicyclic) bond motifs is 3. The van der Waals surface area contributed by atoms with E-state index in [2.05, 4.69) is 10.0 Å². The van der Waals surface area contributed by atoms with Crippen molar-refractivity contribution in [3.05, 3.63) is 34.2 Å². The van der Waals surface area contributed by atoms with Crippen LogP contribution in [0.4, 0.5) is 5.69 Å². The Hall–Kier alpha value is -2.05. The van der Waals surface area contributed by atoms with Crippen LogP contribution in [0.3, 0.4) is 0 Å². The Labute approximate surface area is 122 Å². The van der Waals surface area contributed by atoms with Crippen LogP contribution < -0.4 is 4.90 Å². The monoisotopic (exact) mass is 306 g/mol. The molecule has 1 saturated carbocycles. The first-order valence-corrected chi connectivity index (χ1v) is 8.39. The molecular weight excluding hydrogens is 292 g/mol. The molecule has 1 fully saturated rings. The van der Waals surface area contributed by atoms with Gasteiger partial charge in [-0.05, 0) is 47.6 Å². The summed E-state index contributed by atoms with van der Waals surface area (Å²) in [5.41, 5.74) is 10.2. The normalized spacial score (nSPS) is 27.2. The van der Waals surface area contributed by atoms with Crippen LogP contribution in [0, 0.1) is 5.92 Å². The van der Waals surface area contributed by atoms with E-state index >= 15 is 0 Å². The number of sulfone groups is 1. The highest BCUT2D eigenvalue weighted by atomic mass is 32.2. The van der Waals surface area contributed by atoms with Gasteiger partial charge in [-0.25, -0.2) is 8.42 Å². The molecule has 0 N–H and O–H groups in total. The Morgan fingerprint density at radius 2 is 2.14 bits per heavy atom. The van der Waals surface area contributed by atoms with E-state index in [1.54, 1.807) is 19.2 Å². The zero-order valence-electron chi connectivity index (χ0n) is 11.6. The van der Waals surface area contributed by atoms with Crippen molar-refractivity contribution in [2.75, 3.05) is 18.2 Å². The maximum Gasteiger partial charge on any atom is 0.236 e. The summed E-state index contributed by atoms with van der Waals surface area (Å²) in [7, 11) is -1.68. The van der Waals surface area contributed by atoms with Crippen LogP contribution in [0.5, 0.6) is 0 Å². The van der Waals surface area contributed by atoms with Crippen LogP contribution in [0.1, 0.15) is 17.9 Å². The van der Waals surface area contributed by atoms with Gasteiger partial charge in [-0.15, -0.1) is 0 Å². The minimum atomic E-state index is -3.29. The number of carbonyl (C=O) groups excluding carboxylic acids is 1. The lowest BCUT2D eigenvalue weighted by molar-refractivity contribution is -0.119. The fourth-order valence-electron chi connectivity index (χ4n) is 2.98. The molecule has 1 aliphatic heterocycles. The van der Waals surface area contributed by atoms with Gasteiger partial charge in [0, 0.05) is 23.9 Å². The topological polar surface area (TPSA) is 103 Å². The summed E-state index contributed by atoms with van der Waals surface area (Å²) in [6.45, 7) is 0. The van der Waals surface area contributed by atoms with Crippen LogP contribution in [0.25, 0.3) is 10.4 Å². The largest absolute Gasteiger partial charge is 0.315 e. The molecule has 1 amide bonds. The molecule has 1 aromatic rings. The molecular formula is C13H14N4O3S. The molecule has 0 aromatic heterocycles. The number of hydrogen-bond acceptors (Lipinski definition) is 4. The predicted octanol–water partition coefficient (Wildman–Crippen LogP) is 1.85. The second-order valence-corrected chi connectivity index (χ2v) is 7.56. The van der Waals surface area contributed by atoms with Gasteiger partial charge in [-0.3, -0.25) is 4.79 Å². The van der Waals surface area contributed by atoms with E-state index in [4.69, 9.17) is 5.53 Å². The van der Waals surface area contributed by atoms with Crippen molar-refractivity contribution in [3.63, 3.8) is 0 Å². The number of carbonyl (C=O) groups is 1. The Morgan fingerprint density at radius 3 is 2.76 bits per heavy atom. The predicted molar refractivity (Wildman–Crippen MR) is 76.7 cm³/mol. The van der Waals surface area contributed by atoms with Crippen molar-refractivity contribution in [1.82, 2.24) is 0 Å². The molecule has 3 atom stereocenters. The van der Waals surface area contributed by atoms with Gasteiger partial charge in [-0.1, -0.05) is 5.11 Å². The number of amides is 1. The third-order valence-corrected chi connectivity index (χ3v) is 5.30. The van der Waals surface area contributed by atoms with Crippen LogP contribution in [-0.4, -0.2) is 33.7 Å². The molecule has 1 unspecified atom stereocenters. The average molecular weight is 306 g/mol. The SMILES string of the molecule is CN1C(=O)[C@@H](N=[N+]=[N-])C2C[C@H]2c2cc(S(C)(=O)=O)ccc21. The molecule has 1 heterocycles. The smallest absolute Gasteiger partial charge is 0.236 e. The first-order chi connectivity index (χ1) is 9.84. The number of benzene rings is 1. The van der Waals surface area contributed by atoms with E-state index in [9.17, 15) is 13.2 Å². The number of rotatable bonds is 2. The van der Waals surface area contributed by atoms with Crippen LogP contribution in [0.15, 0.2) is 28.2 Å². The second kappa shape index (κ2) is 4.47. The van der Waals surface area contributed by atoms with Gasteiger partial charge >= 0.3 is 0 Å². The fourth-order valence-corrected chi connectivity index (χ4v) is 3.63. The van der Waals surface area contributed by atoms with E-state index in [0.29, 0.717) is 5.69 Å². The molecule has 0 spiro atoms. The highest BCUT2D eigenvalue weighted by Crippen LogP contribution is 2.55. The summed E-state index contributed by atoms with van der Waals surface area (Å²) in [6, 6.07) is 4.08. The van der Waals surface area contributed by atoms with Crippen LogP contribution in [-0.2, 0) is 14.6 Å². The molecule has 1 aromatic carbocycles. The van der Waals surface area contributed by atoms with E-state index < -0.39 is 15.9 Å². The van der Waals surface area contributed by atoms with Gasteiger partial charge in [0.15, 0.2) is 9.84 Å². The molecule has 2 aliphatic rings. The summed E-state index contributed by atoms with van der Waals surface area (Å²) >= 11 is 0. The molecule has 110 valence electrons. The van der Waals surface area contributed by atoms with E-state index in [1.807, 2.05) is 0 Å². The molecule has 0 saturated heterocycles. The summed E-state index contributed by atoms with van der Waals surface area (Å²) < 4.78 is 23.4. The zero-order chi connectivity index (χ0) is 15.4. The van der Waals surface area contributed by atoms with Crippen molar-refractivity contribution in [2.45, 2.75) is 23.3 Å². The zero-order valence-corrected chi connectivity index (χ0v) is 12.4. The van der Waals surface area contributed by atoms with Crippen LogP contribution in [0.2, 0.25) is 0 Å². The maximum atomic E-state index is 12.4. The number of azide groups is 1. The lowest BCUT2D eigenvalue weighted by atomic mass is 10.1. The van der Waals surface area contributed by atoms with Crippen molar-refractivity contribution in [3.8, 4) is 0 Å². The molecule has 0 radical (unpaired) electrons. The lowest BCUT2D eigenvalue weighted by Crippen LogP contribution is -2.35. The molecule has 7 nitrogen and oxygen atoms in total. The van der Waals surface area contributed by atoms with Gasteiger partial charge < -0.3 is 4.90 Å². The van der Waals surface area contributed by atoms with E-state index in [-0.39, 0.29) is 22.6 Å². The van der Waals surface area contributed by atoms with Gasteiger partial charge in [-0.2, -0.15) is 0 Å². The summed E-state index contributed by atoms with van der Waals surface area (Å²) in [5, 5.41) is 3.62. The van der Waals surface area contributed by atoms with Crippen molar-refractivity contribution < 1.29 is 13.2 Å². The molecule has 8 heteroatoms. The highest BCUT2D eigenvalue weighted by molar-refractivity contribution is 7.90. The second-order valence-electron chi connectivity index (χ2n) is 5.55. The number of nitrogens with zero attached hydrogens (tertiary/aromatic N) is 4. The average Bonchev–Trinajstić information content (AvgIpc) is 3.21. The summed E-state index contributed by atoms with van der Waals surface area (Å²) in [5.74, 6) is -0.204. The lowest BCUT2D eigenvalue weighted by Gasteiger charge is -2.21. The Bertz CT molecular complexity index is 783. The van der Waals surface area contributed by atoms with Gasteiger partial charge in [0.05, 0.1) is 4.90 Å². The Balaban J connectivity index is 2.14. The summed E-state index contributed by atoms with van der Waals surface area (Å²) in [4.78, 5) is 16.8. The summed E-state index contributed by atoms with van der Waals surface area (Å²) in [6.07, 6.45) is 1.90. The van der Waals surface area contributed by atoms with Crippen molar-refractivity contribution in [2.24, 2.45) is 11.0 Å². The third-order valence-electron chi connectivity index (χ3n) is 4.19. The van der Waals surface area contributed by atoms with E-state index in [0.717, 1.165) is 18.2 Å². The first-order valence-electron chi connectivity index (χ1n) is 6.50. The first kappa shape index (κ1) is 13.9. The van der Waals surface area contributed by atoms with Gasteiger partial charge in [0.25, 0.3) is 0 Å².